The average Bonchev–Trinajstić information content (AvgIpc) is 3.10. The number of amides is 1. The maximum atomic E-state index is 11.6. The van der Waals surface area contributed by atoms with Crippen molar-refractivity contribution in [2.45, 2.75) is 39.0 Å². The maximum absolute atomic E-state index is 11.6. The van der Waals surface area contributed by atoms with Gasteiger partial charge in [0, 0.05) is 25.7 Å². The summed E-state index contributed by atoms with van der Waals surface area (Å²) in [6, 6.07) is 16.0. The molecule has 0 spiro atoms. The number of imidazole rings is 1. The molecule has 0 aliphatic carbocycles. The molecule has 164 valence electrons. The number of unbranched alkanes of at least 4 members (excludes halogenated alkanes) is 3. The molecule has 7 nitrogen and oxygen atoms in total. The van der Waals surface area contributed by atoms with Crippen LogP contribution in [0.3, 0.4) is 0 Å². The van der Waals surface area contributed by atoms with Crippen molar-refractivity contribution >= 4 is 29.0 Å². The predicted molar refractivity (Wildman–Crippen MR) is 126 cm³/mol. The molecule has 0 aliphatic heterocycles. The van der Waals surface area contributed by atoms with Crippen LogP contribution in [0.2, 0.25) is 0 Å². The van der Waals surface area contributed by atoms with Gasteiger partial charge >= 0.3 is 6.09 Å². The van der Waals surface area contributed by atoms with Crippen LogP contribution in [-0.2, 0) is 18.2 Å². The lowest BCUT2D eigenvalue weighted by molar-refractivity contribution is 0.144. The molecule has 0 fully saturated rings. The van der Waals surface area contributed by atoms with E-state index >= 15 is 0 Å². The zero-order valence-electron chi connectivity index (χ0n) is 18.3. The number of hydrogen-bond donors (Lipinski definition) is 2. The normalized spacial score (nSPS) is 11.2. The van der Waals surface area contributed by atoms with Crippen molar-refractivity contribution in [3.8, 4) is 0 Å². The summed E-state index contributed by atoms with van der Waals surface area (Å²) in [5.41, 5.74) is 6.48. The lowest BCUT2D eigenvalue weighted by Gasteiger charge is -2.07. The van der Waals surface area contributed by atoms with Crippen LogP contribution < -0.4 is 10.7 Å². The number of para-hydroxylation sites is 2. The third-order valence-electron chi connectivity index (χ3n) is 5.07. The number of anilines is 1. The summed E-state index contributed by atoms with van der Waals surface area (Å²) in [4.78, 5) is 16.3. The van der Waals surface area contributed by atoms with Crippen LogP contribution in [0.4, 0.5) is 10.5 Å². The van der Waals surface area contributed by atoms with Crippen molar-refractivity contribution in [1.29, 1.82) is 0 Å². The first-order valence-electron chi connectivity index (χ1n) is 10.9. The molecule has 3 rings (SSSR count). The van der Waals surface area contributed by atoms with Crippen molar-refractivity contribution in [1.82, 2.24) is 15.0 Å². The van der Waals surface area contributed by atoms with Gasteiger partial charge in [0.2, 0.25) is 0 Å². The van der Waals surface area contributed by atoms with Gasteiger partial charge in [-0.15, -0.1) is 0 Å². The smallest absolute Gasteiger partial charge is 0.427 e. The Hall–Kier alpha value is -3.35. The number of benzene rings is 2. The van der Waals surface area contributed by atoms with Crippen LogP contribution in [0.25, 0.3) is 11.0 Å². The van der Waals surface area contributed by atoms with Gasteiger partial charge in [0.1, 0.15) is 5.82 Å². The molecule has 2 N–H and O–H groups in total. The minimum Gasteiger partial charge on any atom is -0.448 e. The van der Waals surface area contributed by atoms with Crippen LogP contribution in [0.1, 0.15) is 44.0 Å². The van der Waals surface area contributed by atoms with Crippen molar-refractivity contribution in [3.05, 3.63) is 59.9 Å². The third-order valence-corrected chi connectivity index (χ3v) is 5.07. The van der Waals surface area contributed by atoms with E-state index in [1.54, 1.807) is 6.21 Å². The molecule has 0 saturated heterocycles. The number of aromatic nitrogens is 2. The van der Waals surface area contributed by atoms with E-state index in [1.807, 2.05) is 42.5 Å². The molecule has 0 aliphatic rings. The minimum absolute atomic E-state index is 0.427. The summed E-state index contributed by atoms with van der Waals surface area (Å²) < 4.78 is 7.21. The second kappa shape index (κ2) is 11.7. The number of nitrogens with zero attached hydrogens (tertiary/aromatic N) is 3. The zero-order chi connectivity index (χ0) is 21.9. The van der Waals surface area contributed by atoms with Crippen LogP contribution in [0, 0.1) is 0 Å². The standard InChI is InChI=1S/C24H31N5O2/c1-3-4-5-8-17-31-24(30)28-26-18-19-11-13-20(14-12-19)25-16-15-23-27-21-9-6-7-10-22(21)29(23)2/h6-7,9-14,18,25H,3-5,8,15-17H2,1-2H3,(H,28,30). The first-order chi connectivity index (χ1) is 15.2. The number of hydrogen-bond acceptors (Lipinski definition) is 5. The molecule has 1 aromatic heterocycles. The fraction of sp³-hybridized carbons (Fsp3) is 0.375. The van der Waals surface area contributed by atoms with Gasteiger partial charge in [0.15, 0.2) is 0 Å². The molecule has 3 aromatic rings. The van der Waals surface area contributed by atoms with Crippen molar-refractivity contribution in [2.75, 3.05) is 18.5 Å². The molecular weight excluding hydrogens is 390 g/mol. The van der Waals surface area contributed by atoms with E-state index in [1.165, 1.54) is 0 Å². The fourth-order valence-electron chi connectivity index (χ4n) is 3.31. The lowest BCUT2D eigenvalue weighted by Crippen LogP contribution is -2.19. The Morgan fingerprint density at radius 2 is 1.94 bits per heavy atom. The molecule has 0 saturated carbocycles. The largest absolute Gasteiger partial charge is 0.448 e. The molecule has 0 radical (unpaired) electrons. The summed E-state index contributed by atoms with van der Waals surface area (Å²) >= 11 is 0. The summed E-state index contributed by atoms with van der Waals surface area (Å²) in [7, 11) is 2.05. The molecule has 1 amide bonds. The highest BCUT2D eigenvalue weighted by Gasteiger charge is 2.06. The zero-order valence-corrected chi connectivity index (χ0v) is 18.3. The molecule has 31 heavy (non-hydrogen) atoms. The Kier molecular flexibility index (Phi) is 8.46. The molecule has 0 atom stereocenters. The maximum Gasteiger partial charge on any atom is 0.427 e. The van der Waals surface area contributed by atoms with E-state index in [-0.39, 0.29) is 0 Å². The van der Waals surface area contributed by atoms with E-state index in [2.05, 4.69) is 40.4 Å². The Bertz CT molecular complexity index is 995. The first kappa shape index (κ1) is 22.3. The van der Waals surface area contributed by atoms with E-state index in [9.17, 15) is 4.79 Å². The monoisotopic (exact) mass is 421 g/mol. The number of ether oxygens (including phenoxy) is 1. The number of fused-ring (bicyclic) bond motifs is 1. The van der Waals surface area contributed by atoms with Gasteiger partial charge < -0.3 is 14.6 Å². The van der Waals surface area contributed by atoms with Crippen molar-refractivity contribution in [3.63, 3.8) is 0 Å². The summed E-state index contributed by atoms with van der Waals surface area (Å²) in [5.74, 6) is 1.06. The Morgan fingerprint density at radius 3 is 2.71 bits per heavy atom. The summed E-state index contributed by atoms with van der Waals surface area (Å²) in [6.45, 7) is 3.36. The van der Waals surface area contributed by atoms with Gasteiger partial charge in [-0.3, -0.25) is 0 Å². The highest BCUT2D eigenvalue weighted by Crippen LogP contribution is 2.15. The molecular formula is C24H31N5O2. The fourth-order valence-corrected chi connectivity index (χ4v) is 3.31. The van der Waals surface area contributed by atoms with Crippen LogP contribution in [0.5, 0.6) is 0 Å². The molecule has 1 heterocycles. The van der Waals surface area contributed by atoms with Crippen molar-refractivity contribution < 1.29 is 9.53 Å². The highest BCUT2D eigenvalue weighted by molar-refractivity contribution is 5.81. The SMILES string of the molecule is CCCCCCOC(=O)NN=Cc1ccc(NCCc2nc3ccccc3n2C)cc1. The number of carbonyl (C=O) groups excluding carboxylic acids is 1. The molecule has 2 aromatic carbocycles. The van der Waals surface area contributed by atoms with E-state index < -0.39 is 6.09 Å². The summed E-state index contributed by atoms with van der Waals surface area (Å²) in [6.07, 6.45) is 6.19. The second-order valence-electron chi connectivity index (χ2n) is 7.44. The van der Waals surface area contributed by atoms with E-state index in [0.717, 1.165) is 66.8 Å². The number of hydrazone groups is 1. The van der Waals surface area contributed by atoms with Gasteiger partial charge in [0.05, 0.1) is 23.9 Å². The minimum atomic E-state index is -0.520. The van der Waals surface area contributed by atoms with Gasteiger partial charge in [-0.25, -0.2) is 15.2 Å². The van der Waals surface area contributed by atoms with E-state index in [0.29, 0.717) is 6.61 Å². The van der Waals surface area contributed by atoms with E-state index in [4.69, 9.17) is 9.72 Å². The van der Waals surface area contributed by atoms with Crippen LogP contribution >= 0.6 is 0 Å². The molecule has 7 heteroatoms. The average molecular weight is 422 g/mol. The third kappa shape index (κ3) is 6.84. The van der Waals surface area contributed by atoms with Crippen LogP contribution in [0.15, 0.2) is 53.6 Å². The number of rotatable bonds is 11. The topological polar surface area (TPSA) is 80.5 Å². The molecule has 0 unspecified atom stereocenters. The quantitative estimate of drug-likeness (QED) is 0.263. The Labute approximate surface area is 183 Å². The Morgan fingerprint density at radius 1 is 1.13 bits per heavy atom. The number of carbonyl (C=O) groups is 1. The first-order valence-corrected chi connectivity index (χ1v) is 10.9. The van der Waals surface area contributed by atoms with Gasteiger partial charge in [-0.2, -0.15) is 5.10 Å². The predicted octanol–water partition coefficient (Wildman–Crippen LogP) is 4.87. The summed E-state index contributed by atoms with van der Waals surface area (Å²) in [5, 5.41) is 7.35. The van der Waals surface area contributed by atoms with Gasteiger partial charge in [0.25, 0.3) is 0 Å². The van der Waals surface area contributed by atoms with Crippen LogP contribution in [-0.4, -0.2) is 35.0 Å². The second-order valence-corrected chi connectivity index (χ2v) is 7.44. The Balaban J connectivity index is 1.39. The van der Waals surface area contributed by atoms with Gasteiger partial charge in [-0.05, 0) is 36.2 Å². The van der Waals surface area contributed by atoms with Crippen molar-refractivity contribution in [2.24, 2.45) is 12.1 Å². The number of nitrogens with one attached hydrogen (secondary N) is 2. The highest BCUT2D eigenvalue weighted by atomic mass is 16.5. The van der Waals surface area contributed by atoms with Gasteiger partial charge in [-0.1, -0.05) is 50.5 Å². The lowest BCUT2D eigenvalue weighted by atomic mass is 10.2. The molecule has 0 bridgehead atoms. The number of aryl methyl sites for hydroxylation is 1.